The Morgan fingerprint density at radius 2 is 2.00 bits per heavy atom. The minimum absolute atomic E-state index is 0.489. The molecule has 0 aliphatic carbocycles. The van der Waals surface area contributed by atoms with E-state index in [-0.39, 0.29) is 0 Å². The molecule has 0 aliphatic rings. The van der Waals surface area contributed by atoms with Crippen molar-refractivity contribution >= 4 is 10.9 Å². The molecule has 2 aromatic rings. The van der Waals surface area contributed by atoms with E-state index in [1.54, 1.807) is 6.20 Å². The zero-order valence-corrected chi connectivity index (χ0v) is 10.9. The first kappa shape index (κ1) is 13.0. The summed E-state index contributed by atoms with van der Waals surface area (Å²) in [7, 11) is 0. The van der Waals surface area contributed by atoms with Gasteiger partial charge in [-0.3, -0.25) is 4.98 Å². The van der Waals surface area contributed by atoms with Crippen molar-refractivity contribution in [1.29, 1.82) is 0 Å². The fourth-order valence-corrected chi connectivity index (χ4v) is 2.04. The van der Waals surface area contributed by atoms with Crippen LogP contribution < -0.4 is 5.32 Å². The highest BCUT2D eigenvalue weighted by atomic mass is 16.3. The molecule has 96 valence electrons. The topological polar surface area (TPSA) is 45.1 Å². The zero-order chi connectivity index (χ0) is 13.0. The first-order valence-electron chi connectivity index (χ1n) is 6.41. The molecule has 2 N–H and O–H groups in total. The highest BCUT2D eigenvalue weighted by Gasteiger charge is 2.10. The van der Waals surface area contributed by atoms with Crippen LogP contribution in [0.25, 0.3) is 10.9 Å². The third kappa shape index (κ3) is 3.06. The van der Waals surface area contributed by atoms with Crippen LogP contribution in [0.15, 0.2) is 36.5 Å². The molecule has 0 radical (unpaired) electrons. The molecule has 3 nitrogen and oxygen atoms in total. The molecule has 1 heterocycles. The molecule has 2 rings (SSSR count). The second-order valence-corrected chi connectivity index (χ2v) is 4.99. The van der Waals surface area contributed by atoms with Gasteiger partial charge in [0.1, 0.15) is 0 Å². The third-order valence-electron chi connectivity index (χ3n) is 2.93. The fourth-order valence-electron chi connectivity index (χ4n) is 2.04. The number of rotatable bonds is 5. The number of hydrogen-bond acceptors (Lipinski definition) is 3. The van der Waals surface area contributed by atoms with Gasteiger partial charge in [-0.25, -0.2) is 0 Å². The molecular formula is C15H20N2O. The first-order chi connectivity index (χ1) is 8.68. The lowest BCUT2D eigenvalue weighted by Crippen LogP contribution is -2.25. The predicted molar refractivity (Wildman–Crippen MR) is 74.4 cm³/mol. The van der Waals surface area contributed by atoms with Crippen LogP contribution in [0, 0.1) is 5.92 Å². The summed E-state index contributed by atoms with van der Waals surface area (Å²) < 4.78 is 0. The first-order valence-corrected chi connectivity index (χ1v) is 6.41. The van der Waals surface area contributed by atoms with Gasteiger partial charge in [-0.1, -0.05) is 32.0 Å². The number of aromatic nitrogens is 1. The van der Waals surface area contributed by atoms with E-state index in [4.69, 9.17) is 0 Å². The molecule has 1 aromatic carbocycles. The van der Waals surface area contributed by atoms with Crippen molar-refractivity contribution in [2.24, 2.45) is 5.92 Å². The Morgan fingerprint density at radius 3 is 2.78 bits per heavy atom. The monoisotopic (exact) mass is 244 g/mol. The van der Waals surface area contributed by atoms with Crippen LogP contribution in [0.4, 0.5) is 0 Å². The number of fused-ring (bicyclic) bond motifs is 1. The highest BCUT2D eigenvalue weighted by Crippen LogP contribution is 2.22. The van der Waals surface area contributed by atoms with Crippen LogP contribution >= 0.6 is 0 Å². The minimum Gasteiger partial charge on any atom is -0.387 e. The van der Waals surface area contributed by atoms with Crippen LogP contribution in [0.5, 0.6) is 0 Å². The molecule has 0 aliphatic heterocycles. The van der Waals surface area contributed by atoms with Gasteiger partial charge in [-0.2, -0.15) is 0 Å². The van der Waals surface area contributed by atoms with Gasteiger partial charge in [0.25, 0.3) is 0 Å². The predicted octanol–water partition coefficient (Wildman–Crippen LogP) is 2.51. The standard InChI is InChI=1S/C15H20N2O/c1-11(2)9-16-10-15(18)13-5-3-7-14-12(13)6-4-8-17-14/h3-8,11,15-16,18H,9-10H2,1-2H3. The number of aliphatic hydroxyl groups excluding tert-OH is 1. The van der Waals surface area contributed by atoms with Crippen LogP contribution in [0.2, 0.25) is 0 Å². The molecule has 0 fully saturated rings. The summed E-state index contributed by atoms with van der Waals surface area (Å²) in [6.45, 7) is 5.80. The lowest BCUT2D eigenvalue weighted by atomic mass is 10.0. The Bertz CT molecular complexity index is 505. The van der Waals surface area contributed by atoms with Gasteiger partial charge in [0.05, 0.1) is 11.6 Å². The Kier molecular flexibility index (Phi) is 4.28. The van der Waals surface area contributed by atoms with E-state index >= 15 is 0 Å². The molecule has 0 saturated heterocycles. The van der Waals surface area contributed by atoms with Gasteiger partial charge in [0.2, 0.25) is 0 Å². The van der Waals surface area contributed by atoms with E-state index < -0.39 is 6.10 Å². The lowest BCUT2D eigenvalue weighted by molar-refractivity contribution is 0.175. The summed E-state index contributed by atoms with van der Waals surface area (Å²) in [5.41, 5.74) is 1.87. The molecule has 3 heteroatoms. The van der Waals surface area contributed by atoms with E-state index in [1.807, 2.05) is 30.3 Å². The van der Waals surface area contributed by atoms with Gasteiger partial charge in [0.15, 0.2) is 0 Å². The molecule has 1 atom stereocenters. The van der Waals surface area contributed by atoms with Gasteiger partial charge in [0, 0.05) is 18.1 Å². The van der Waals surface area contributed by atoms with Crippen LogP contribution in [0.3, 0.4) is 0 Å². The van der Waals surface area contributed by atoms with Crippen molar-refractivity contribution in [3.63, 3.8) is 0 Å². The Balaban J connectivity index is 2.15. The maximum Gasteiger partial charge on any atom is 0.0920 e. The molecule has 0 saturated carbocycles. The molecule has 0 bridgehead atoms. The highest BCUT2D eigenvalue weighted by molar-refractivity contribution is 5.82. The number of aliphatic hydroxyl groups is 1. The molecule has 1 aromatic heterocycles. The number of hydrogen-bond donors (Lipinski definition) is 2. The minimum atomic E-state index is -0.489. The van der Waals surface area contributed by atoms with E-state index in [9.17, 15) is 5.11 Å². The maximum absolute atomic E-state index is 10.2. The molecule has 18 heavy (non-hydrogen) atoms. The van der Waals surface area contributed by atoms with Crippen molar-refractivity contribution in [3.8, 4) is 0 Å². The SMILES string of the molecule is CC(C)CNCC(O)c1cccc2ncccc12. The Labute approximate surface area is 108 Å². The second kappa shape index (κ2) is 5.94. The summed E-state index contributed by atoms with van der Waals surface area (Å²) in [6.07, 6.45) is 1.28. The smallest absolute Gasteiger partial charge is 0.0920 e. The largest absolute Gasteiger partial charge is 0.387 e. The Hall–Kier alpha value is -1.45. The van der Waals surface area contributed by atoms with Crippen LogP contribution in [-0.4, -0.2) is 23.2 Å². The van der Waals surface area contributed by atoms with E-state index in [0.717, 1.165) is 23.0 Å². The third-order valence-corrected chi connectivity index (χ3v) is 2.93. The molecule has 0 amide bonds. The molecular weight excluding hydrogens is 224 g/mol. The van der Waals surface area contributed by atoms with Crippen molar-refractivity contribution < 1.29 is 5.11 Å². The number of nitrogens with one attached hydrogen (secondary N) is 1. The van der Waals surface area contributed by atoms with Gasteiger partial charge >= 0.3 is 0 Å². The van der Waals surface area contributed by atoms with Crippen molar-refractivity contribution in [3.05, 3.63) is 42.1 Å². The number of pyridine rings is 1. The van der Waals surface area contributed by atoms with Crippen molar-refractivity contribution in [2.45, 2.75) is 20.0 Å². The normalized spacial score (nSPS) is 13.1. The number of nitrogens with zero attached hydrogens (tertiary/aromatic N) is 1. The summed E-state index contributed by atoms with van der Waals surface area (Å²) in [4.78, 5) is 4.30. The van der Waals surface area contributed by atoms with Gasteiger partial charge < -0.3 is 10.4 Å². The van der Waals surface area contributed by atoms with Crippen LogP contribution in [-0.2, 0) is 0 Å². The van der Waals surface area contributed by atoms with Gasteiger partial charge in [-0.05, 0) is 30.2 Å². The molecule has 0 spiro atoms. The van der Waals surface area contributed by atoms with Crippen molar-refractivity contribution in [2.75, 3.05) is 13.1 Å². The van der Waals surface area contributed by atoms with Crippen molar-refractivity contribution in [1.82, 2.24) is 10.3 Å². The van der Waals surface area contributed by atoms with Crippen LogP contribution in [0.1, 0.15) is 25.5 Å². The summed E-state index contributed by atoms with van der Waals surface area (Å²) in [5.74, 6) is 0.589. The van der Waals surface area contributed by atoms with E-state index in [1.165, 1.54) is 0 Å². The Morgan fingerprint density at radius 1 is 1.17 bits per heavy atom. The zero-order valence-electron chi connectivity index (χ0n) is 10.9. The average molecular weight is 244 g/mol. The summed E-state index contributed by atoms with van der Waals surface area (Å²) in [6, 6.07) is 9.78. The summed E-state index contributed by atoms with van der Waals surface area (Å²) >= 11 is 0. The van der Waals surface area contributed by atoms with Gasteiger partial charge in [-0.15, -0.1) is 0 Å². The lowest BCUT2D eigenvalue weighted by Gasteiger charge is -2.15. The quantitative estimate of drug-likeness (QED) is 0.849. The van der Waals surface area contributed by atoms with E-state index in [0.29, 0.717) is 12.5 Å². The fraction of sp³-hybridized carbons (Fsp3) is 0.400. The number of benzene rings is 1. The molecule has 1 unspecified atom stereocenters. The second-order valence-electron chi connectivity index (χ2n) is 4.99. The average Bonchev–Trinajstić information content (AvgIpc) is 2.37. The summed E-state index contributed by atoms with van der Waals surface area (Å²) in [5, 5.41) is 14.5. The van der Waals surface area contributed by atoms with E-state index in [2.05, 4.69) is 24.1 Å². The maximum atomic E-state index is 10.2.